The highest BCUT2D eigenvalue weighted by molar-refractivity contribution is 7.88. The van der Waals surface area contributed by atoms with Crippen molar-refractivity contribution in [2.75, 3.05) is 45.5 Å². The first-order valence-electron chi connectivity index (χ1n) is 13.8. The summed E-state index contributed by atoms with van der Waals surface area (Å²) in [5.41, 5.74) is -0.337. The van der Waals surface area contributed by atoms with Gasteiger partial charge in [-0.1, -0.05) is 0 Å². The number of fused-ring (bicyclic) bond motifs is 3. The fourth-order valence-corrected chi connectivity index (χ4v) is 7.49. The van der Waals surface area contributed by atoms with Crippen molar-refractivity contribution in [2.45, 2.75) is 69.8 Å². The van der Waals surface area contributed by atoms with Crippen LogP contribution in [0.1, 0.15) is 55.9 Å². The number of piperazine rings is 1. The van der Waals surface area contributed by atoms with E-state index in [1.54, 1.807) is 22.8 Å². The number of rotatable bonds is 8. The summed E-state index contributed by atoms with van der Waals surface area (Å²) in [5.74, 6) is -0.859. The average Bonchev–Trinajstić information content (AvgIpc) is 3.41. The van der Waals surface area contributed by atoms with Crippen LogP contribution >= 0.6 is 0 Å². The molecular weight excluding hydrogens is 524 g/mol. The molecule has 3 saturated heterocycles. The fourth-order valence-electron chi connectivity index (χ4n) is 6.67. The topological polar surface area (TPSA) is 140 Å². The Morgan fingerprint density at radius 2 is 1.74 bits per heavy atom. The molecule has 5 rings (SSSR count). The van der Waals surface area contributed by atoms with Crippen LogP contribution in [0.3, 0.4) is 0 Å². The number of hydrogen-bond donors (Lipinski definition) is 3. The molecule has 216 valence electrons. The molecule has 3 atom stereocenters. The third-order valence-electron chi connectivity index (χ3n) is 8.49. The molecule has 3 N–H and O–H groups in total. The lowest BCUT2D eigenvalue weighted by molar-refractivity contribution is 0.0276. The second-order valence-corrected chi connectivity index (χ2v) is 13.5. The van der Waals surface area contributed by atoms with Crippen LogP contribution in [0.5, 0.6) is 5.75 Å². The van der Waals surface area contributed by atoms with Crippen molar-refractivity contribution in [1.82, 2.24) is 28.6 Å². The molecule has 0 spiro atoms. The van der Waals surface area contributed by atoms with Gasteiger partial charge in [0.2, 0.25) is 10.0 Å². The van der Waals surface area contributed by atoms with Crippen molar-refractivity contribution in [3.63, 3.8) is 0 Å². The number of carbonyl (C=O) groups excluding carboxylic acids is 1. The number of piperidine rings is 1. The maximum Gasteiger partial charge on any atom is 0.282 e. The zero-order valence-electron chi connectivity index (χ0n) is 22.9. The lowest BCUT2D eigenvalue weighted by Gasteiger charge is -2.41. The number of aliphatic hydroxyl groups is 1. The van der Waals surface area contributed by atoms with Crippen LogP contribution in [0.2, 0.25) is 0 Å². The summed E-state index contributed by atoms with van der Waals surface area (Å²) in [4.78, 5) is 31.0. The Balaban J connectivity index is 1.19. The van der Waals surface area contributed by atoms with Crippen molar-refractivity contribution in [3.05, 3.63) is 34.2 Å². The van der Waals surface area contributed by atoms with Gasteiger partial charge in [-0.05, 0) is 51.7 Å². The molecule has 0 aliphatic carbocycles. The number of amides is 1. The van der Waals surface area contributed by atoms with Crippen molar-refractivity contribution < 1.29 is 23.4 Å². The SMILES string of the molecule is CC(C)n1c(=O)c(C(=O)NC2CC3CCC(C2)N3C[C@@H](O)CN2CCN(S(C)(=O)=O)CC2)c(O)c2cccn21. The van der Waals surface area contributed by atoms with Gasteiger partial charge in [-0.25, -0.2) is 13.1 Å². The third-order valence-corrected chi connectivity index (χ3v) is 9.79. The Hall–Kier alpha value is -2.45. The summed E-state index contributed by atoms with van der Waals surface area (Å²) >= 11 is 0. The van der Waals surface area contributed by atoms with Crippen LogP contribution in [0.4, 0.5) is 0 Å². The molecule has 1 amide bonds. The van der Waals surface area contributed by atoms with Gasteiger partial charge in [-0.2, -0.15) is 4.31 Å². The Morgan fingerprint density at radius 3 is 2.33 bits per heavy atom. The van der Waals surface area contributed by atoms with E-state index in [0.29, 0.717) is 57.6 Å². The molecule has 3 aliphatic rings. The van der Waals surface area contributed by atoms with E-state index in [1.165, 1.54) is 15.2 Å². The lowest BCUT2D eigenvalue weighted by Crippen LogP contribution is -2.55. The summed E-state index contributed by atoms with van der Waals surface area (Å²) in [6.07, 6.45) is 5.77. The quantitative estimate of drug-likeness (QED) is 0.409. The smallest absolute Gasteiger partial charge is 0.282 e. The first-order chi connectivity index (χ1) is 18.4. The van der Waals surface area contributed by atoms with E-state index < -0.39 is 27.6 Å². The van der Waals surface area contributed by atoms with E-state index in [4.69, 9.17) is 0 Å². The number of nitrogens with one attached hydrogen (secondary N) is 1. The minimum Gasteiger partial charge on any atom is -0.505 e. The number of hydrogen-bond acceptors (Lipinski definition) is 8. The molecule has 2 aromatic heterocycles. The molecule has 0 saturated carbocycles. The number of β-amino-alcohol motifs (C(OH)–C–C–N with tert-alkyl or cyclic N) is 1. The molecule has 2 unspecified atom stereocenters. The van der Waals surface area contributed by atoms with E-state index in [9.17, 15) is 28.2 Å². The first kappa shape index (κ1) is 28.1. The van der Waals surface area contributed by atoms with Gasteiger partial charge in [-0.3, -0.25) is 23.9 Å². The number of aromatic hydroxyl groups is 1. The van der Waals surface area contributed by atoms with Crippen molar-refractivity contribution in [1.29, 1.82) is 0 Å². The molecule has 12 nitrogen and oxygen atoms in total. The average molecular weight is 565 g/mol. The maximum atomic E-state index is 13.3. The van der Waals surface area contributed by atoms with Crippen LogP contribution < -0.4 is 10.9 Å². The Labute approximate surface area is 228 Å². The molecule has 2 bridgehead atoms. The second kappa shape index (κ2) is 10.8. The highest BCUT2D eigenvalue weighted by Gasteiger charge is 2.42. The van der Waals surface area contributed by atoms with Gasteiger partial charge in [0.1, 0.15) is 11.1 Å². The van der Waals surface area contributed by atoms with Gasteiger partial charge in [-0.15, -0.1) is 0 Å². The van der Waals surface area contributed by atoms with Crippen LogP contribution in [-0.2, 0) is 10.0 Å². The van der Waals surface area contributed by atoms with Crippen LogP contribution in [0.25, 0.3) is 5.52 Å². The zero-order chi connectivity index (χ0) is 28.1. The predicted molar refractivity (Wildman–Crippen MR) is 147 cm³/mol. The monoisotopic (exact) mass is 564 g/mol. The summed E-state index contributed by atoms with van der Waals surface area (Å²) in [7, 11) is -3.18. The van der Waals surface area contributed by atoms with Crippen LogP contribution in [0.15, 0.2) is 23.1 Å². The summed E-state index contributed by atoms with van der Waals surface area (Å²) in [6.45, 7) is 6.84. The van der Waals surface area contributed by atoms with Gasteiger partial charge in [0, 0.05) is 69.6 Å². The standard InChI is InChI=1S/C26H40N6O6S/c1-17(2)32-26(36)23(24(34)22-5-4-8-31(22)32)25(35)27-18-13-19-6-7-20(14-18)30(19)16-21(33)15-28-9-11-29(12-10-28)39(3,37)38/h4-5,8,17-21,33-34H,6-7,9-16H2,1-3H3,(H,27,35)/t18?,19?,20?,21-/m0/s1. The molecule has 13 heteroatoms. The molecule has 5 heterocycles. The minimum atomic E-state index is -3.18. The lowest BCUT2D eigenvalue weighted by atomic mass is 9.96. The van der Waals surface area contributed by atoms with Gasteiger partial charge < -0.3 is 15.5 Å². The predicted octanol–water partition coefficient (Wildman–Crippen LogP) is 0.0508. The highest BCUT2D eigenvalue weighted by Crippen LogP contribution is 2.36. The molecule has 0 radical (unpaired) electrons. The maximum absolute atomic E-state index is 13.3. The van der Waals surface area contributed by atoms with Gasteiger partial charge >= 0.3 is 0 Å². The number of nitrogens with zero attached hydrogens (tertiary/aromatic N) is 5. The number of sulfonamides is 1. The molecule has 3 fully saturated rings. The van der Waals surface area contributed by atoms with E-state index in [0.717, 1.165) is 12.8 Å². The Kier molecular flexibility index (Phi) is 7.81. The van der Waals surface area contributed by atoms with Crippen molar-refractivity contribution in [2.24, 2.45) is 0 Å². The third kappa shape index (κ3) is 5.60. The Morgan fingerprint density at radius 1 is 1.10 bits per heavy atom. The highest BCUT2D eigenvalue weighted by atomic mass is 32.2. The largest absolute Gasteiger partial charge is 0.505 e. The second-order valence-electron chi connectivity index (χ2n) is 11.5. The molecule has 2 aromatic rings. The normalized spacial score (nSPS) is 25.9. The van der Waals surface area contributed by atoms with E-state index in [1.807, 2.05) is 13.8 Å². The van der Waals surface area contributed by atoms with Crippen molar-refractivity contribution in [3.8, 4) is 5.75 Å². The molecule has 0 aromatic carbocycles. The zero-order valence-corrected chi connectivity index (χ0v) is 23.7. The van der Waals surface area contributed by atoms with Crippen molar-refractivity contribution >= 4 is 21.4 Å². The molecule has 39 heavy (non-hydrogen) atoms. The first-order valence-corrected chi connectivity index (χ1v) is 15.7. The summed E-state index contributed by atoms with van der Waals surface area (Å²) < 4.78 is 28.0. The summed E-state index contributed by atoms with van der Waals surface area (Å²) in [6, 6.07) is 3.53. The van der Waals surface area contributed by atoms with E-state index >= 15 is 0 Å². The number of aromatic nitrogens is 2. The van der Waals surface area contributed by atoms with E-state index in [-0.39, 0.29) is 35.5 Å². The van der Waals surface area contributed by atoms with Gasteiger partial charge in [0.05, 0.1) is 12.4 Å². The van der Waals surface area contributed by atoms with E-state index in [2.05, 4.69) is 15.1 Å². The molecule has 3 aliphatic heterocycles. The molecular formula is C26H40N6O6S. The van der Waals surface area contributed by atoms with Crippen LogP contribution in [-0.4, -0.2) is 118 Å². The minimum absolute atomic E-state index is 0.123. The van der Waals surface area contributed by atoms with Gasteiger partial charge in [0.15, 0.2) is 5.75 Å². The van der Waals surface area contributed by atoms with Gasteiger partial charge in [0.25, 0.3) is 11.5 Å². The number of aliphatic hydroxyl groups excluding tert-OH is 1. The van der Waals surface area contributed by atoms with Crippen LogP contribution in [0, 0.1) is 0 Å². The Bertz CT molecular complexity index is 1370. The number of carbonyl (C=O) groups is 1. The summed E-state index contributed by atoms with van der Waals surface area (Å²) in [5, 5.41) is 24.7. The fraction of sp³-hybridized carbons (Fsp3) is 0.692.